The van der Waals surface area contributed by atoms with Gasteiger partial charge in [0, 0.05) is 4.47 Å². The van der Waals surface area contributed by atoms with E-state index >= 15 is 0 Å². The fourth-order valence-corrected chi connectivity index (χ4v) is 4.55. The van der Waals surface area contributed by atoms with Crippen molar-refractivity contribution in [3.8, 4) is 0 Å². The molecule has 1 N–H and O–H groups in total. The molecule has 1 aromatic rings. The van der Waals surface area contributed by atoms with Gasteiger partial charge in [-0.3, -0.25) is 0 Å². The maximum absolute atomic E-state index is 12.4. The van der Waals surface area contributed by atoms with Crippen molar-refractivity contribution in [3.63, 3.8) is 0 Å². The molecule has 2 rings (SSSR count). The summed E-state index contributed by atoms with van der Waals surface area (Å²) in [6.45, 7) is 3.89. The van der Waals surface area contributed by atoms with Crippen molar-refractivity contribution in [2.24, 2.45) is 5.41 Å². The normalized spacial score (nSPS) is 19.7. The Morgan fingerprint density at radius 1 is 1.22 bits per heavy atom. The zero-order valence-electron chi connectivity index (χ0n) is 10.4. The summed E-state index contributed by atoms with van der Waals surface area (Å²) >= 11 is 3.32. The number of sulfone groups is 1. The van der Waals surface area contributed by atoms with E-state index in [-0.39, 0.29) is 11.2 Å². The minimum atomic E-state index is -3.18. The largest absolute Gasteiger partial charge is 0.317 e. The van der Waals surface area contributed by atoms with E-state index in [2.05, 4.69) is 28.2 Å². The maximum atomic E-state index is 12.4. The molecule has 0 unspecified atom stereocenters. The summed E-state index contributed by atoms with van der Waals surface area (Å²) in [5.41, 5.74) is -0.100. The van der Waals surface area contributed by atoms with Gasteiger partial charge < -0.3 is 5.32 Å². The van der Waals surface area contributed by atoms with Crippen LogP contribution in [0.5, 0.6) is 0 Å². The van der Waals surface area contributed by atoms with Gasteiger partial charge in [-0.25, -0.2) is 8.42 Å². The second kappa shape index (κ2) is 5.31. The monoisotopic (exact) mass is 331 g/mol. The summed E-state index contributed by atoms with van der Waals surface area (Å²) in [6.07, 6.45) is 1.84. The summed E-state index contributed by atoms with van der Waals surface area (Å²) in [6, 6.07) is 6.89. The first-order chi connectivity index (χ1) is 8.41. The number of piperidine rings is 1. The fraction of sp³-hybridized carbons (Fsp3) is 0.538. The average Bonchev–Trinajstić information content (AvgIpc) is 2.29. The summed E-state index contributed by atoms with van der Waals surface area (Å²) in [7, 11) is -3.18. The topological polar surface area (TPSA) is 46.2 Å². The Hall–Kier alpha value is -0.390. The third-order valence-electron chi connectivity index (χ3n) is 3.52. The van der Waals surface area contributed by atoms with Crippen molar-refractivity contribution >= 4 is 25.8 Å². The summed E-state index contributed by atoms with van der Waals surface area (Å²) in [4.78, 5) is 0.422. The standard InChI is InChI=1S/C13H18BrNO2S/c1-13(6-8-15-9-7-13)10-18(16,17)12-4-2-11(14)3-5-12/h2-5,15H,6-10H2,1H3. The first kappa shape index (κ1) is 14.0. The van der Waals surface area contributed by atoms with Crippen LogP contribution in [-0.4, -0.2) is 27.3 Å². The van der Waals surface area contributed by atoms with Gasteiger partial charge in [-0.05, 0) is 55.6 Å². The molecule has 0 bridgehead atoms. The molecule has 0 aliphatic carbocycles. The quantitative estimate of drug-likeness (QED) is 0.926. The molecule has 1 saturated heterocycles. The van der Waals surface area contributed by atoms with E-state index in [4.69, 9.17) is 0 Å². The molecule has 5 heteroatoms. The van der Waals surface area contributed by atoms with E-state index in [1.807, 2.05) is 0 Å². The van der Waals surface area contributed by atoms with Gasteiger partial charge in [-0.15, -0.1) is 0 Å². The molecule has 1 fully saturated rings. The predicted octanol–water partition coefficient (Wildman–Crippen LogP) is 2.61. The Morgan fingerprint density at radius 2 is 1.78 bits per heavy atom. The molecule has 0 atom stereocenters. The van der Waals surface area contributed by atoms with Gasteiger partial charge in [-0.1, -0.05) is 22.9 Å². The van der Waals surface area contributed by atoms with Crippen LogP contribution in [0.4, 0.5) is 0 Å². The van der Waals surface area contributed by atoms with E-state index in [1.165, 1.54) is 0 Å². The lowest BCUT2D eigenvalue weighted by Gasteiger charge is -2.33. The number of halogens is 1. The number of hydrogen-bond acceptors (Lipinski definition) is 3. The van der Waals surface area contributed by atoms with Crippen molar-refractivity contribution in [3.05, 3.63) is 28.7 Å². The SMILES string of the molecule is CC1(CS(=O)(=O)c2ccc(Br)cc2)CCNCC1. The van der Waals surface area contributed by atoms with Crippen LogP contribution < -0.4 is 5.32 Å². The summed E-state index contributed by atoms with van der Waals surface area (Å²) < 4.78 is 25.7. The van der Waals surface area contributed by atoms with Crippen LogP contribution in [0.1, 0.15) is 19.8 Å². The molecular formula is C13H18BrNO2S. The van der Waals surface area contributed by atoms with Gasteiger partial charge in [0.15, 0.2) is 9.84 Å². The van der Waals surface area contributed by atoms with Crippen LogP contribution in [-0.2, 0) is 9.84 Å². The second-order valence-corrected chi connectivity index (χ2v) is 8.18. The molecule has 1 aliphatic rings. The minimum Gasteiger partial charge on any atom is -0.317 e. The molecule has 18 heavy (non-hydrogen) atoms. The molecule has 0 radical (unpaired) electrons. The highest BCUT2D eigenvalue weighted by atomic mass is 79.9. The number of benzene rings is 1. The smallest absolute Gasteiger partial charge is 0.178 e. The van der Waals surface area contributed by atoms with Crippen molar-refractivity contribution in [1.82, 2.24) is 5.32 Å². The Balaban J connectivity index is 2.18. The first-order valence-corrected chi connectivity index (χ1v) is 8.55. The molecular weight excluding hydrogens is 314 g/mol. The first-order valence-electron chi connectivity index (χ1n) is 6.10. The van der Waals surface area contributed by atoms with Crippen LogP contribution in [0, 0.1) is 5.41 Å². The molecule has 0 amide bonds. The minimum absolute atomic E-state index is 0.100. The van der Waals surface area contributed by atoms with E-state index in [1.54, 1.807) is 24.3 Å². The molecule has 3 nitrogen and oxygen atoms in total. The van der Waals surface area contributed by atoms with Crippen molar-refractivity contribution in [1.29, 1.82) is 0 Å². The van der Waals surface area contributed by atoms with E-state index < -0.39 is 9.84 Å². The van der Waals surface area contributed by atoms with Crippen molar-refractivity contribution in [2.45, 2.75) is 24.7 Å². The average molecular weight is 332 g/mol. The molecule has 0 saturated carbocycles. The fourth-order valence-electron chi connectivity index (χ4n) is 2.36. The Morgan fingerprint density at radius 3 is 2.33 bits per heavy atom. The highest BCUT2D eigenvalue weighted by molar-refractivity contribution is 9.10. The molecule has 100 valence electrons. The molecule has 0 spiro atoms. The van der Waals surface area contributed by atoms with Crippen LogP contribution in [0.3, 0.4) is 0 Å². The van der Waals surface area contributed by atoms with Crippen LogP contribution >= 0.6 is 15.9 Å². The summed E-state index contributed by atoms with van der Waals surface area (Å²) in [5.74, 6) is 0.239. The second-order valence-electron chi connectivity index (χ2n) is 5.27. The molecule has 1 aromatic carbocycles. The van der Waals surface area contributed by atoms with Crippen LogP contribution in [0.2, 0.25) is 0 Å². The predicted molar refractivity (Wildman–Crippen MR) is 76.4 cm³/mol. The highest BCUT2D eigenvalue weighted by Gasteiger charge is 2.32. The lowest BCUT2D eigenvalue weighted by Crippen LogP contribution is -2.39. The number of hydrogen-bond donors (Lipinski definition) is 1. The zero-order chi connectivity index (χ0) is 13.2. The zero-order valence-corrected chi connectivity index (χ0v) is 12.9. The molecule has 1 aliphatic heterocycles. The van der Waals surface area contributed by atoms with Gasteiger partial charge >= 0.3 is 0 Å². The molecule has 1 heterocycles. The van der Waals surface area contributed by atoms with Crippen molar-refractivity contribution in [2.75, 3.05) is 18.8 Å². The van der Waals surface area contributed by atoms with Gasteiger partial charge in [-0.2, -0.15) is 0 Å². The number of nitrogens with one attached hydrogen (secondary N) is 1. The number of rotatable bonds is 3. The van der Waals surface area contributed by atoms with E-state index in [9.17, 15) is 8.42 Å². The highest BCUT2D eigenvalue weighted by Crippen LogP contribution is 2.32. The van der Waals surface area contributed by atoms with Crippen LogP contribution in [0.25, 0.3) is 0 Å². The van der Waals surface area contributed by atoms with Crippen LogP contribution in [0.15, 0.2) is 33.6 Å². The third-order valence-corrected chi connectivity index (χ3v) is 6.12. The molecule has 0 aromatic heterocycles. The summed E-state index contributed by atoms with van der Waals surface area (Å²) in [5, 5.41) is 3.27. The third kappa shape index (κ3) is 3.33. The lowest BCUT2D eigenvalue weighted by atomic mass is 9.83. The lowest BCUT2D eigenvalue weighted by molar-refractivity contribution is 0.261. The Kier molecular flexibility index (Phi) is 4.14. The van der Waals surface area contributed by atoms with Gasteiger partial charge in [0.1, 0.15) is 0 Å². The van der Waals surface area contributed by atoms with E-state index in [0.717, 1.165) is 30.4 Å². The Labute approximate surface area is 117 Å². The van der Waals surface area contributed by atoms with Crippen molar-refractivity contribution < 1.29 is 8.42 Å². The van der Waals surface area contributed by atoms with Gasteiger partial charge in [0.2, 0.25) is 0 Å². The van der Waals surface area contributed by atoms with Gasteiger partial charge in [0.05, 0.1) is 10.6 Å². The van der Waals surface area contributed by atoms with Gasteiger partial charge in [0.25, 0.3) is 0 Å². The Bertz CT molecular complexity index is 504. The van der Waals surface area contributed by atoms with E-state index in [0.29, 0.717) is 4.90 Å². The maximum Gasteiger partial charge on any atom is 0.178 e.